The predicted octanol–water partition coefficient (Wildman–Crippen LogP) is 2.66. The van der Waals surface area contributed by atoms with Crippen molar-refractivity contribution >= 4 is 29.9 Å². The number of nitrogens with one attached hydrogen (secondary N) is 1. The summed E-state index contributed by atoms with van der Waals surface area (Å²) in [6, 6.07) is 8.43. The fourth-order valence-electron chi connectivity index (χ4n) is 3.26. The molecule has 0 aliphatic carbocycles. The van der Waals surface area contributed by atoms with E-state index in [0.29, 0.717) is 18.5 Å². The van der Waals surface area contributed by atoms with Crippen molar-refractivity contribution in [2.75, 3.05) is 13.1 Å². The van der Waals surface area contributed by atoms with Crippen LogP contribution in [0.4, 0.5) is 0 Å². The SMILES string of the molecule is Cl.O=C(Cc1ccc(Cl)cc1)N1C2CCNCC1CC2. The molecule has 3 nitrogen and oxygen atoms in total. The molecule has 2 atom stereocenters. The van der Waals surface area contributed by atoms with Crippen molar-refractivity contribution in [3.63, 3.8) is 0 Å². The minimum Gasteiger partial charge on any atom is -0.335 e. The maximum absolute atomic E-state index is 12.5. The van der Waals surface area contributed by atoms with E-state index in [1.54, 1.807) is 0 Å². The quantitative estimate of drug-likeness (QED) is 0.910. The van der Waals surface area contributed by atoms with E-state index < -0.39 is 0 Å². The van der Waals surface area contributed by atoms with Gasteiger partial charge in [0.05, 0.1) is 6.42 Å². The van der Waals surface area contributed by atoms with Crippen LogP contribution in [-0.4, -0.2) is 36.0 Å². The summed E-state index contributed by atoms with van der Waals surface area (Å²) in [5, 5.41) is 4.14. The van der Waals surface area contributed by atoms with Crippen molar-refractivity contribution in [1.29, 1.82) is 0 Å². The third-order valence-electron chi connectivity index (χ3n) is 4.21. The van der Waals surface area contributed by atoms with Gasteiger partial charge in [-0.3, -0.25) is 4.79 Å². The first kappa shape index (κ1) is 15.6. The number of hydrogen-bond acceptors (Lipinski definition) is 2. The first-order chi connectivity index (χ1) is 9.24. The molecule has 5 heteroatoms. The lowest BCUT2D eigenvalue weighted by Crippen LogP contribution is -2.43. The maximum atomic E-state index is 12.5. The number of benzene rings is 1. The molecule has 2 aliphatic heterocycles. The molecule has 1 aromatic rings. The largest absolute Gasteiger partial charge is 0.335 e. The Hall–Kier alpha value is -0.770. The summed E-state index contributed by atoms with van der Waals surface area (Å²) < 4.78 is 0. The Balaban J connectivity index is 0.00000147. The molecule has 0 radical (unpaired) electrons. The van der Waals surface area contributed by atoms with Crippen LogP contribution in [0.5, 0.6) is 0 Å². The Morgan fingerprint density at radius 3 is 2.65 bits per heavy atom. The zero-order valence-electron chi connectivity index (χ0n) is 11.3. The fourth-order valence-corrected chi connectivity index (χ4v) is 3.38. The molecule has 2 heterocycles. The topological polar surface area (TPSA) is 32.3 Å². The molecule has 0 saturated carbocycles. The van der Waals surface area contributed by atoms with Crippen molar-refractivity contribution in [3.8, 4) is 0 Å². The van der Waals surface area contributed by atoms with E-state index in [1.807, 2.05) is 24.3 Å². The second-order valence-corrected chi connectivity index (χ2v) is 5.92. The minimum absolute atomic E-state index is 0. The standard InChI is InChI=1S/C15H19ClN2O.ClH/c16-12-3-1-11(2-4-12)9-15(19)18-13-5-6-14(18)10-17-8-7-13;/h1-4,13-14,17H,5-10H2;1H. The van der Waals surface area contributed by atoms with E-state index in [2.05, 4.69) is 10.2 Å². The van der Waals surface area contributed by atoms with Crippen LogP contribution in [0.1, 0.15) is 24.8 Å². The molecule has 3 rings (SSSR count). The normalized spacial score (nSPS) is 24.9. The number of amides is 1. The number of carbonyl (C=O) groups is 1. The molecule has 20 heavy (non-hydrogen) atoms. The van der Waals surface area contributed by atoms with Gasteiger partial charge in [0.15, 0.2) is 0 Å². The zero-order valence-corrected chi connectivity index (χ0v) is 12.9. The summed E-state index contributed by atoms with van der Waals surface area (Å²) >= 11 is 5.87. The molecule has 1 N–H and O–H groups in total. The lowest BCUT2D eigenvalue weighted by Gasteiger charge is -2.28. The molecule has 0 aromatic heterocycles. The Morgan fingerprint density at radius 2 is 1.90 bits per heavy atom. The lowest BCUT2D eigenvalue weighted by atomic mass is 10.1. The Morgan fingerprint density at radius 1 is 1.20 bits per heavy atom. The molecule has 1 amide bonds. The van der Waals surface area contributed by atoms with Gasteiger partial charge in [0.2, 0.25) is 5.91 Å². The van der Waals surface area contributed by atoms with Crippen LogP contribution in [0.2, 0.25) is 5.02 Å². The highest BCUT2D eigenvalue weighted by atomic mass is 35.5. The second-order valence-electron chi connectivity index (χ2n) is 5.48. The van der Waals surface area contributed by atoms with Crippen molar-refractivity contribution in [3.05, 3.63) is 34.9 Å². The van der Waals surface area contributed by atoms with Gasteiger partial charge < -0.3 is 10.2 Å². The highest BCUT2D eigenvalue weighted by Gasteiger charge is 2.37. The third-order valence-corrected chi connectivity index (χ3v) is 4.46. The summed E-state index contributed by atoms with van der Waals surface area (Å²) in [7, 11) is 0. The summed E-state index contributed by atoms with van der Waals surface area (Å²) in [6.07, 6.45) is 3.88. The first-order valence-electron chi connectivity index (χ1n) is 7.00. The highest BCUT2D eigenvalue weighted by Crippen LogP contribution is 2.28. The predicted molar refractivity (Wildman–Crippen MR) is 83.5 cm³/mol. The zero-order chi connectivity index (χ0) is 13.2. The molecular weight excluding hydrogens is 295 g/mol. The highest BCUT2D eigenvalue weighted by molar-refractivity contribution is 6.30. The molecule has 1 aromatic carbocycles. The summed E-state index contributed by atoms with van der Waals surface area (Å²) in [5.74, 6) is 0.263. The van der Waals surface area contributed by atoms with Crippen molar-refractivity contribution in [2.24, 2.45) is 0 Å². The van der Waals surface area contributed by atoms with E-state index in [0.717, 1.165) is 36.5 Å². The number of rotatable bonds is 2. The maximum Gasteiger partial charge on any atom is 0.227 e. The van der Waals surface area contributed by atoms with E-state index in [-0.39, 0.29) is 18.3 Å². The Kier molecular flexibility index (Phi) is 5.30. The average molecular weight is 315 g/mol. The average Bonchev–Trinajstić information content (AvgIpc) is 2.66. The number of halogens is 2. The monoisotopic (exact) mass is 314 g/mol. The van der Waals surface area contributed by atoms with Crippen LogP contribution in [0.15, 0.2) is 24.3 Å². The first-order valence-corrected chi connectivity index (χ1v) is 7.38. The van der Waals surface area contributed by atoms with Crippen molar-refractivity contribution in [1.82, 2.24) is 10.2 Å². The molecule has 2 bridgehead atoms. The number of hydrogen-bond donors (Lipinski definition) is 1. The molecule has 110 valence electrons. The van der Waals surface area contributed by atoms with Gasteiger partial charge in [-0.05, 0) is 43.5 Å². The number of nitrogens with zero attached hydrogens (tertiary/aromatic N) is 1. The van der Waals surface area contributed by atoms with Crippen molar-refractivity contribution < 1.29 is 4.79 Å². The van der Waals surface area contributed by atoms with Crippen LogP contribution in [0.3, 0.4) is 0 Å². The van der Waals surface area contributed by atoms with Gasteiger partial charge in [0.25, 0.3) is 0 Å². The lowest BCUT2D eigenvalue weighted by molar-refractivity contribution is -0.133. The van der Waals surface area contributed by atoms with Crippen LogP contribution in [-0.2, 0) is 11.2 Å². The smallest absolute Gasteiger partial charge is 0.227 e. The van der Waals surface area contributed by atoms with Gasteiger partial charge in [-0.15, -0.1) is 12.4 Å². The Labute approximate surface area is 131 Å². The fraction of sp³-hybridized carbons (Fsp3) is 0.533. The summed E-state index contributed by atoms with van der Waals surface area (Å²) in [4.78, 5) is 14.7. The van der Waals surface area contributed by atoms with Crippen molar-refractivity contribution in [2.45, 2.75) is 37.8 Å². The minimum atomic E-state index is 0. The van der Waals surface area contributed by atoms with Crippen LogP contribution in [0, 0.1) is 0 Å². The summed E-state index contributed by atoms with van der Waals surface area (Å²) in [6.45, 7) is 1.98. The van der Waals surface area contributed by atoms with Gasteiger partial charge in [0, 0.05) is 23.7 Å². The van der Waals surface area contributed by atoms with E-state index in [4.69, 9.17) is 11.6 Å². The molecular formula is C15H20Cl2N2O. The third kappa shape index (κ3) is 3.27. The Bertz CT molecular complexity index is 449. The van der Waals surface area contributed by atoms with Gasteiger partial charge in [-0.1, -0.05) is 23.7 Å². The second kappa shape index (κ2) is 6.79. The molecule has 0 spiro atoms. The molecule has 2 saturated heterocycles. The molecule has 2 aliphatic rings. The van der Waals surface area contributed by atoms with Gasteiger partial charge in [0.1, 0.15) is 0 Å². The summed E-state index contributed by atoms with van der Waals surface area (Å²) in [5.41, 5.74) is 1.05. The molecule has 2 unspecified atom stereocenters. The van der Waals surface area contributed by atoms with E-state index in [1.165, 1.54) is 6.42 Å². The van der Waals surface area contributed by atoms with Crippen LogP contribution < -0.4 is 5.32 Å². The number of carbonyl (C=O) groups excluding carboxylic acids is 1. The van der Waals surface area contributed by atoms with Gasteiger partial charge in [-0.25, -0.2) is 0 Å². The van der Waals surface area contributed by atoms with Gasteiger partial charge >= 0.3 is 0 Å². The van der Waals surface area contributed by atoms with E-state index in [9.17, 15) is 4.79 Å². The van der Waals surface area contributed by atoms with Crippen LogP contribution >= 0.6 is 24.0 Å². The number of fused-ring (bicyclic) bond motifs is 2. The molecule has 2 fully saturated rings. The van der Waals surface area contributed by atoms with Gasteiger partial charge in [-0.2, -0.15) is 0 Å². The van der Waals surface area contributed by atoms with E-state index >= 15 is 0 Å². The van der Waals surface area contributed by atoms with Crippen LogP contribution in [0.25, 0.3) is 0 Å².